The van der Waals surface area contributed by atoms with Crippen molar-refractivity contribution in [3.63, 3.8) is 0 Å². The fraction of sp³-hybridized carbons (Fsp3) is 0.562. The number of hydrogen-bond acceptors (Lipinski definition) is 4. The van der Waals surface area contributed by atoms with Gasteiger partial charge in [0, 0.05) is 6.42 Å². The summed E-state index contributed by atoms with van der Waals surface area (Å²) in [5.74, 6) is -0.00325. The number of halogens is 1. The van der Waals surface area contributed by atoms with E-state index in [4.69, 9.17) is 9.16 Å². The van der Waals surface area contributed by atoms with Gasteiger partial charge >= 0.3 is 5.97 Å². The van der Waals surface area contributed by atoms with E-state index >= 15 is 0 Å². The van der Waals surface area contributed by atoms with Crippen molar-refractivity contribution in [1.29, 1.82) is 0 Å². The molecule has 1 N–H and O–H groups in total. The van der Waals surface area contributed by atoms with E-state index in [1.165, 1.54) is 0 Å². The summed E-state index contributed by atoms with van der Waals surface area (Å²) in [6.07, 6.45) is 0.900. The molecule has 0 saturated carbocycles. The Morgan fingerprint density at radius 1 is 1.32 bits per heavy atom. The smallest absolute Gasteiger partial charge is 0.308 e. The van der Waals surface area contributed by atoms with Gasteiger partial charge in [0.05, 0.1) is 3.57 Å². The Balaban J connectivity index is 2.37. The third kappa shape index (κ3) is 5.89. The fourth-order valence-corrected chi connectivity index (χ4v) is 2.85. The molecule has 0 aliphatic rings. The summed E-state index contributed by atoms with van der Waals surface area (Å²) in [5.41, 5.74) is 1.00. The van der Waals surface area contributed by atoms with Crippen LogP contribution in [0.3, 0.4) is 0 Å². The van der Waals surface area contributed by atoms with Gasteiger partial charge in [0.25, 0.3) is 0 Å². The molecular formula is C16H25IO4Si. The number of phenols is 1. The second-order valence-corrected chi connectivity index (χ2v) is 12.8. The normalized spacial score (nSPS) is 12.3. The van der Waals surface area contributed by atoms with E-state index in [2.05, 4.69) is 56.5 Å². The highest BCUT2D eigenvalue weighted by Crippen LogP contribution is 2.36. The molecule has 0 bridgehead atoms. The van der Waals surface area contributed by atoms with Gasteiger partial charge in [-0.3, -0.25) is 4.79 Å². The van der Waals surface area contributed by atoms with E-state index in [9.17, 15) is 9.90 Å². The molecular weight excluding hydrogens is 411 g/mol. The largest absolute Gasteiger partial charge is 0.507 e. The second kappa shape index (κ2) is 7.78. The van der Waals surface area contributed by atoms with Crippen LogP contribution in [0.25, 0.3) is 0 Å². The van der Waals surface area contributed by atoms with Crippen molar-refractivity contribution in [3.05, 3.63) is 27.3 Å². The van der Waals surface area contributed by atoms with E-state index in [1.807, 2.05) is 12.1 Å². The Morgan fingerprint density at radius 2 is 1.95 bits per heavy atom. The van der Waals surface area contributed by atoms with Crippen LogP contribution in [0.1, 0.15) is 32.8 Å². The topological polar surface area (TPSA) is 55.8 Å². The molecule has 1 aromatic rings. The maximum Gasteiger partial charge on any atom is 0.308 e. The van der Waals surface area contributed by atoms with Crippen molar-refractivity contribution >= 4 is 36.9 Å². The van der Waals surface area contributed by atoms with Gasteiger partial charge in [-0.15, -0.1) is 0 Å². The number of carbonyl (C=O) groups is 1. The Hall–Kier alpha value is -0.603. The summed E-state index contributed by atoms with van der Waals surface area (Å²) >= 11 is 2.06. The van der Waals surface area contributed by atoms with Gasteiger partial charge in [-0.25, -0.2) is 0 Å². The lowest BCUT2D eigenvalue weighted by Crippen LogP contribution is -2.41. The minimum absolute atomic E-state index is 0.0302. The maximum absolute atomic E-state index is 11.8. The summed E-state index contributed by atoms with van der Waals surface area (Å²) in [7, 11) is -1.88. The van der Waals surface area contributed by atoms with Gasteiger partial charge < -0.3 is 14.3 Å². The molecule has 0 amide bonds. The molecule has 0 fully saturated rings. The monoisotopic (exact) mass is 436 g/mol. The number of rotatable bonds is 6. The molecule has 0 spiro atoms. The number of phenolic OH excluding ortho intramolecular Hbond substituents is 1. The predicted octanol–water partition coefficient (Wildman–Crippen LogP) is 4.45. The molecule has 0 saturated heterocycles. The zero-order chi connectivity index (χ0) is 17.0. The summed E-state index contributed by atoms with van der Waals surface area (Å²) in [4.78, 5) is 11.8. The van der Waals surface area contributed by atoms with Gasteiger partial charge in [0.15, 0.2) is 15.1 Å². The lowest BCUT2D eigenvalue weighted by Gasteiger charge is -2.35. The first kappa shape index (κ1) is 19.4. The third-order valence-corrected chi connectivity index (χ3v) is 9.39. The molecule has 124 valence electrons. The van der Waals surface area contributed by atoms with Crippen molar-refractivity contribution < 1.29 is 19.1 Å². The van der Waals surface area contributed by atoms with Crippen molar-refractivity contribution in [2.75, 3.05) is 6.79 Å². The first-order valence-corrected chi connectivity index (χ1v) is 11.3. The maximum atomic E-state index is 11.8. The first-order chi connectivity index (χ1) is 10.0. The Bertz CT molecular complexity index is 523. The highest BCUT2D eigenvalue weighted by Gasteiger charge is 2.37. The summed E-state index contributed by atoms with van der Waals surface area (Å²) in [6, 6.07) is 5.33. The molecule has 0 atom stereocenters. The lowest BCUT2D eigenvalue weighted by molar-refractivity contribution is -0.150. The minimum atomic E-state index is -1.88. The van der Waals surface area contributed by atoms with Crippen LogP contribution in [0, 0.1) is 3.57 Å². The quantitative estimate of drug-likeness (QED) is 0.310. The lowest BCUT2D eigenvalue weighted by atomic mass is 10.1. The van der Waals surface area contributed by atoms with Crippen LogP contribution >= 0.6 is 22.6 Å². The number of benzene rings is 1. The van der Waals surface area contributed by atoms with E-state index in [1.54, 1.807) is 6.07 Å². The molecule has 0 aliphatic carbocycles. The van der Waals surface area contributed by atoms with Crippen molar-refractivity contribution in [3.8, 4) is 5.75 Å². The van der Waals surface area contributed by atoms with Gasteiger partial charge in [-0.1, -0.05) is 26.8 Å². The van der Waals surface area contributed by atoms with Crippen LogP contribution in [-0.4, -0.2) is 26.2 Å². The summed E-state index contributed by atoms with van der Waals surface area (Å²) < 4.78 is 11.8. The van der Waals surface area contributed by atoms with Crippen molar-refractivity contribution in [2.45, 2.75) is 51.7 Å². The molecule has 0 radical (unpaired) electrons. The SMILES string of the molecule is CC(C)(C)[Si](C)(C)OCOC(=O)CCc1ccc(O)c(I)c1. The van der Waals surface area contributed by atoms with Crippen LogP contribution < -0.4 is 0 Å². The molecule has 4 nitrogen and oxygen atoms in total. The summed E-state index contributed by atoms with van der Waals surface area (Å²) in [5, 5.41) is 9.57. The molecule has 0 aromatic heterocycles. The second-order valence-electron chi connectivity index (χ2n) is 6.82. The van der Waals surface area contributed by atoms with E-state index in [0.29, 0.717) is 12.8 Å². The van der Waals surface area contributed by atoms with E-state index in [0.717, 1.165) is 9.13 Å². The zero-order valence-electron chi connectivity index (χ0n) is 13.9. The van der Waals surface area contributed by atoms with E-state index in [-0.39, 0.29) is 23.6 Å². The molecule has 0 aliphatic heterocycles. The van der Waals surface area contributed by atoms with Crippen LogP contribution in [0.2, 0.25) is 18.1 Å². The van der Waals surface area contributed by atoms with Crippen molar-refractivity contribution in [1.82, 2.24) is 0 Å². The fourth-order valence-electron chi connectivity index (χ4n) is 1.48. The van der Waals surface area contributed by atoms with Crippen LogP contribution in [-0.2, 0) is 20.4 Å². The predicted molar refractivity (Wildman–Crippen MR) is 98.4 cm³/mol. The molecule has 1 aromatic carbocycles. The van der Waals surface area contributed by atoms with Crippen LogP contribution in [0.4, 0.5) is 0 Å². The average molecular weight is 436 g/mol. The number of aryl methyl sites for hydroxylation is 1. The van der Waals surface area contributed by atoms with Crippen LogP contribution in [0.5, 0.6) is 5.75 Å². The van der Waals surface area contributed by atoms with Gasteiger partial charge in [-0.05, 0) is 64.8 Å². The zero-order valence-corrected chi connectivity index (χ0v) is 17.1. The van der Waals surface area contributed by atoms with Gasteiger partial charge in [0.1, 0.15) is 5.75 Å². The number of carbonyl (C=O) groups excluding carboxylic acids is 1. The highest BCUT2D eigenvalue weighted by molar-refractivity contribution is 14.1. The number of esters is 1. The Morgan fingerprint density at radius 3 is 2.50 bits per heavy atom. The third-order valence-electron chi connectivity index (χ3n) is 4.08. The Kier molecular flexibility index (Phi) is 6.88. The van der Waals surface area contributed by atoms with Gasteiger partial charge in [-0.2, -0.15) is 0 Å². The number of hydrogen-bond donors (Lipinski definition) is 1. The van der Waals surface area contributed by atoms with Crippen molar-refractivity contribution in [2.24, 2.45) is 0 Å². The van der Waals surface area contributed by atoms with E-state index < -0.39 is 8.32 Å². The average Bonchev–Trinajstić information content (AvgIpc) is 2.38. The molecule has 0 unspecified atom stereocenters. The standard InChI is InChI=1S/C16H25IO4Si/c1-16(2,3)22(4,5)21-11-20-15(19)9-7-12-6-8-14(18)13(17)10-12/h6,8,10,18H,7,9,11H2,1-5H3. The number of ether oxygens (including phenoxy) is 1. The molecule has 1 rings (SSSR count). The first-order valence-electron chi connectivity index (χ1n) is 7.30. The summed E-state index contributed by atoms with van der Waals surface area (Å²) in [6.45, 7) is 10.7. The van der Waals surface area contributed by atoms with Gasteiger partial charge in [0.2, 0.25) is 0 Å². The highest BCUT2D eigenvalue weighted by atomic mass is 127. The molecule has 6 heteroatoms. The number of aromatic hydroxyl groups is 1. The molecule has 22 heavy (non-hydrogen) atoms. The molecule has 0 heterocycles. The minimum Gasteiger partial charge on any atom is -0.507 e. The van der Waals surface area contributed by atoms with Crippen LogP contribution in [0.15, 0.2) is 18.2 Å². The Labute approximate surface area is 147 Å².